The standard InChI is InChI=1S/C15H24N2O3/c1-3-20-14-12(8-7-9-13(14)16)15(19)17(2)10-5-4-6-11-18/h7-9,18H,3-6,10-11,16H2,1-2H3. The van der Waals surface area contributed by atoms with Crippen LogP contribution in [-0.2, 0) is 0 Å². The van der Waals surface area contributed by atoms with Crippen molar-refractivity contribution in [2.75, 3.05) is 32.5 Å². The number of aliphatic hydroxyl groups excluding tert-OH is 1. The molecule has 1 rings (SSSR count). The van der Waals surface area contributed by atoms with Gasteiger partial charge in [0, 0.05) is 20.2 Å². The highest BCUT2D eigenvalue weighted by Gasteiger charge is 2.18. The van der Waals surface area contributed by atoms with Gasteiger partial charge in [-0.2, -0.15) is 0 Å². The highest BCUT2D eigenvalue weighted by atomic mass is 16.5. The highest BCUT2D eigenvalue weighted by molar-refractivity contribution is 5.98. The molecular formula is C15H24N2O3. The normalized spacial score (nSPS) is 10.3. The van der Waals surface area contributed by atoms with Crippen LogP contribution < -0.4 is 10.5 Å². The molecule has 5 nitrogen and oxygen atoms in total. The second kappa shape index (κ2) is 8.43. The number of hydrogen-bond acceptors (Lipinski definition) is 4. The number of unbranched alkanes of at least 4 members (excludes halogenated alkanes) is 2. The molecule has 0 heterocycles. The second-order valence-corrected chi connectivity index (χ2v) is 4.67. The fourth-order valence-corrected chi connectivity index (χ4v) is 1.97. The summed E-state index contributed by atoms with van der Waals surface area (Å²) in [4.78, 5) is 14.1. The molecule has 0 bridgehead atoms. The van der Waals surface area contributed by atoms with E-state index in [2.05, 4.69) is 0 Å². The molecule has 0 aliphatic heterocycles. The summed E-state index contributed by atoms with van der Waals surface area (Å²) in [5, 5.41) is 8.73. The van der Waals surface area contributed by atoms with E-state index in [1.54, 1.807) is 30.1 Å². The number of benzene rings is 1. The molecule has 0 aliphatic rings. The summed E-state index contributed by atoms with van der Waals surface area (Å²) in [5.41, 5.74) is 6.84. The zero-order valence-electron chi connectivity index (χ0n) is 12.3. The van der Waals surface area contributed by atoms with E-state index in [9.17, 15) is 4.79 Å². The minimum absolute atomic E-state index is 0.0928. The Morgan fingerprint density at radius 1 is 1.35 bits per heavy atom. The first-order valence-electron chi connectivity index (χ1n) is 6.99. The SMILES string of the molecule is CCOc1c(N)cccc1C(=O)N(C)CCCCCO. The number of para-hydroxylation sites is 1. The van der Waals surface area contributed by atoms with Crippen LogP contribution in [0.5, 0.6) is 5.75 Å². The van der Waals surface area contributed by atoms with Crippen molar-refractivity contribution in [2.45, 2.75) is 26.2 Å². The lowest BCUT2D eigenvalue weighted by molar-refractivity contribution is 0.0788. The molecule has 0 spiro atoms. The Morgan fingerprint density at radius 3 is 2.75 bits per heavy atom. The van der Waals surface area contributed by atoms with Gasteiger partial charge in [-0.1, -0.05) is 6.07 Å². The van der Waals surface area contributed by atoms with Crippen LogP contribution in [0, 0.1) is 0 Å². The molecule has 112 valence electrons. The van der Waals surface area contributed by atoms with Gasteiger partial charge < -0.3 is 20.5 Å². The Balaban J connectivity index is 2.73. The van der Waals surface area contributed by atoms with E-state index >= 15 is 0 Å². The molecule has 0 aromatic heterocycles. The number of nitrogen functional groups attached to an aromatic ring is 1. The zero-order chi connectivity index (χ0) is 15.0. The summed E-state index contributed by atoms with van der Waals surface area (Å²) >= 11 is 0. The molecule has 0 saturated carbocycles. The van der Waals surface area contributed by atoms with E-state index < -0.39 is 0 Å². The largest absolute Gasteiger partial charge is 0.491 e. The highest BCUT2D eigenvalue weighted by Crippen LogP contribution is 2.27. The van der Waals surface area contributed by atoms with Crippen LogP contribution in [0.1, 0.15) is 36.5 Å². The van der Waals surface area contributed by atoms with Crippen molar-refractivity contribution in [3.8, 4) is 5.75 Å². The monoisotopic (exact) mass is 280 g/mol. The quantitative estimate of drug-likeness (QED) is 0.563. The van der Waals surface area contributed by atoms with Crippen molar-refractivity contribution >= 4 is 11.6 Å². The molecule has 0 saturated heterocycles. The van der Waals surface area contributed by atoms with Crippen molar-refractivity contribution in [3.63, 3.8) is 0 Å². The third kappa shape index (κ3) is 4.42. The van der Waals surface area contributed by atoms with Crippen molar-refractivity contribution in [3.05, 3.63) is 23.8 Å². The van der Waals surface area contributed by atoms with Crippen molar-refractivity contribution in [1.82, 2.24) is 4.90 Å². The summed E-state index contributed by atoms with van der Waals surface area (Å²) in [6, 6.07) is 5.21. The molecule has 0 atom stereocenters. The van der Waals surface area contributed by atoms with Gasteiger partial charge in [-0.25, -0.2) is 0 Å². The maximum Gasteiger partial charge on any atom is 0.257 e. The summed E-state index contributed by atoms with van der Waals surface area (Å²) in [6.45, 7) is 3.18. The predicted octanol–water partition coefficient (Wildman–Crippen LogP) is 1.90. The molecule has 5 heteroatoms. The van der Waals surface area contributed by atoms with Gasteiger partial charge in [-0.3, -0.25) is 4.79 Å². The molecule has 3 N–H and O–H groups in total. The molecule has 0 radical (unpaired) electrons. The lowest BCUT2D eigenvalue weighted by Gasteiger charge is -2.19. The van der Waals surface area contributed by atoms with E-state index in [1.165, 1.54) is 0 Å². The molecule has 0 fully saturated rings. The zero-order valence-corrected chi connectivity index (χ0v) is 12.3. The topological polar surface area (TPSA) is 75.8 Å². The van der Waals surface area contributed by atoms with Crippen LogP contribution in [0.25, 0.3) is 0 Å². The fraction of sp³-hybridized carbons (Fsp3) is 0.533. The van der Waals surface area contributed by atoms with Crippen LogP contribution in [0.15, 0.2) is 18.2 Å². The second-order valence-electron chi connectivity index (χ2n) is 4.67. The van der Waals surface area contributed by atoms with Gasteiger partial charge in [0.25, 0.3) is 5.91 Å². The maximum atomic E-state index is 12.4. The molecule has 1 aromatic rings. The van der Waals surface area contributed by atoms with Crippen LogP contribution in [-0.4, -0.2) is 42.7 Å². The first kappa shape index (κ1) is 16.3. The number of rotatable bonds is 8. The minimum Gasteiger partial charge on any atom is -0.491 e. The van der Waals surface area contributed by atoms with Crippen LogP contribution in [0.3, 0.4) is 0 Å². The number of carbonyl (C=O) groups is 1. The van der Waals surface area contributed by atoms with Crippen LogP contribution in [0.2, 0.25) is 0 Å². The first-order valence-corrected chi connectivity index (χ1v) is 6.99. The Morgan fingerprint density at radius 2 is 2.10 bits per heavy atom. The van der Waals surface area contributed by atoms with Gasteiger partial charge in [-0.05, 0) is 38.3 Å². The van der Waals surface area contributed by atoms with Crippen LogP contribution >= 0.6 is 0 Å². The summed E-state index contributed by atoms with van der Waals surface area (Å²) in [5.74, 6) is 0.368. The van der Waals surface area contributed by atoms with E-state index in [0.717, 1.165) is 19.3 Å². The lowest BCUT2D eigenvalue weighted by Crippen LogP contribution is -2.28. The van der Waals surface area contributed by atoms with Crippen molar-refractivity contribution in [1.29, 1.82) is 0 Å². The molecule has 1 amide bonds. The van der Waals surface area contributed by atoms with E-state index in [0.29, 0.717) is 30.2 Å². The maximum absolute atomic E-state index is 12.4. The number of hydrogen-bond donors (Lipinski definition) is 2. The van der Waals surface area contributed by atoms with Crippen molar-refractivity contribution in [2.24, 2.45) is 0 Å². The third-order valence-electron chi connectivity index (χ3n) is 3.06. The van der Waals surface area contributed by atoms with E-state index in [1.807, 2.05) is 6.92 Å². The van der Waals surface area contributed by atoms with Crippen molar-refractivity contribution < 1.29 is 14.6 Å². The summed E-state index contributed by atoms with van der Waals surface area (Å²) < 4.78 is 5.48. The number of carbonyl (C=O) groups excluding carboxylic acids is 1. The number of nitrogens with two attached hydrogens (primary N) is 1. The Hall–Kier alpha value is -1.75. The van der Waals surface area contributed by atoms with Gasteiger partial charge in [0.1, 0.15) is 0 Å². The van der Waals surface area contributed by atoms with Crippen LogP contribution in [0.4, 0.5) is 5.69 Å². The average Bonchev–Trinajstić information content (AvgIpc) is 2.45. The Kier molecular flexibility index (Phi) is 6.87. The molecular weight excluding hydrogens is 256 g/mol. The number of aliphatic hydroxyl groups is 1. The summed E-state index contributed by atoms with van der Waals surface area (Å²) in [7, 11) is 1.76. The van der Waals surface area contributed by atoms with E-state index in [-0.39, 0.29) is 12.5 Å². The lowest BCUT2D eigenvalue weighted by atomic mass is 10.1. The Labute approximate surface area is 120 Å². The van der Waals surface area contributed by atoms with Gasteiger partial charge in [0.05, 0.1) is 17.9 Å². The third-order valence-corrected chi connectivity index (χ3v) is 3.06. The summed E-state index contributed by atoms with van der Waals surface area (Å²) in [6.07, 6.45) is 2.54. The average molecular weight is 280 g/mol. The molecule has 0 aliphatic carbocycles. The van der Waals surface area contributed by atoms with Gasteiger partial charge in [-0.15, -0.1) is 0 Å². The number of anilines is 1. The number of amides is 1. The first-order chi connectivity index (χ1) is 9.61. The molecule has 20 heavy (non-hydrogen) atoms. The predicted molar refractivity (Wildman–Crippen MR) is 79.9 cm³/mol. The number of nitrogens with zero attached hydrogens (tertiary/aromatic N) is 1. The van der Waals surface area contributed by atoms with Gasteiger partial charge >= 0.3 is 0 Å². The Bertz CT molecular complexity index is 435. The van der Waals surface area contributed by atoms with E-state index in [4.69, 9.17) is 15.6 Å². The number of ether oxygens (including phenoxy) is 1. The minimum atomic E-state index is -0.0928. The van der Waals surface area contributed by atoms with Gasteiger partial charge in [0.2, 0.25) is 0 Å². The van der Waals surface area contributed by atoms with Gasteiger partial charge in [0.15, 0.2) is 5.75 Å². The smallest absolute Gasteiger partial charge is 0.257 e. The fourth-order valence-electron chi connectivity index (χ4n) is 1.97. The molecule has 1 aromatic carbocycles. The molecule has 0 unspecified atom stereocenters.